The molecule has 0 aliphatic carbocycles. The summed E-state index contributed by atoms with van der Waals surface area (Å²) in [6, 6.07) is 9.81. The van der Waals surface area contributed by atoms with Crippen LogP contribution in [0.1, 0.15) is 17.9 Å². The molecule has 122 valence electrons. The molecule has 0 radical (unpaired) electrons. The van der Waals surface area contributed by atoms with Crippen molar-refractivity contribution in [2.45, 2.75) is 18.4 Å². The van der Waals surface area contributed by atoms with Gasteiger partial charge in [-0.1, -0.05) is 30.3 Å². The minimum atomic E-state index is -0.472. The molecule has 1 heterocycles. The Morgan fingerprint density at radius 3 is 2.59 bits per heavy atom. The second kappa shape index (κ2) is 8.73. The Hall–Kier alpha value is -1.63. The van der Waals surface area contributed by atoms with Crippen LogP contribution in [0.3, 0.4) is 0 Å². The van der Waals surface area contributed by atoms with Crippen molar-refractivity contribution in [2.24, 2.45) is 5.73 Å². The van der Waals surface area contributed by atoms with E-state index in [0.29, 0.717) is 18.9 Å². The molecule has 2 rings (SSSR count). The van der Waals surface area contributed by atoms with E-state index in [1.807, 2.05) is 18.2 Å². The lowest BCUT2D eigenvalue weighted by Gasteiger charge is -2.15. The summed E-state index contributed by atoms with van der Waals surface area (Å²) in [6.45, 7) is 2.23. The fourth-order valence-corrected chi connectivity index (χ4v) is 2.66. The first kappa shape index (κ1) is 18.4. The molecule has 0 saturated carbocycles. The molecule has 0 unspecified atom stereocenters. The number of likely N-dealkylation sites (tertiary alicyclic amines) is 1. The average Bonchev–Trinajstić information content (AvgIpc) is 2.87. The van der Waals surface area contributed by atoms with Crippen LogP contribution in [-0.2, 0) is 4.79 Å². The summed E-state index contributed by atoms with van der Waals surface area (Å²) in [4.78, 5) is 24.8. The number of imide groups is 1. The largest absolute Gasteiger partial charge is 0.341 e. The molecule has 1 saturated heterocycles. The highest BCUT2D eigenvalue weighted by Crippen LogP contribution is 2.26. The zero-order valence-corrected chi connectivity index (χ0v) is 13.4. The molecule has 1 aliphatic rings. The molecule has 6 nitrogen and oxygen atoms in total. The molecule has 2 atom stereocenters. The first-order valence-electron chi connectivity index (χ1n) is 7.14. The molecule has 22 heavy (non-hydrogen) atoms. The van der Waals surface area contributed by atoms with Gasteiger partial charge in [0.05, 0.1) is 0 Å². The maximum Gasteiger partial charge on any atom is 0.321 e. The Morgan fingerprint density at radius 1 is 1.27 bits per heavy atom. The van der Waals surface area contributed by atoms with E-state index in [-0.39, 0.29) is 24.4 Å². The van der Waals surface area contributed by atoms with E-state index in [1.54, 1.807) is 0 Å². The predicted octanol–water partition coefficient (Wildman–Crippen LogP) is 0.681. The number of carbonyl (C=O) groups is 2. The van der Waals surface area contributed by atoms with Crippen LogP contribution < -0.4 is 16.4 Å². The number of amides is 3. The molecule has 1 aliphatic heterocycles. The number of hydrogen-bond donors (Lipinski definition) is 3. The van der Waals surface area contributed by atoms with Gasteiger partial charge in [0.15, 0.2) is 0 Å². The van der Waals surface area contributed by atoms with E-state index in [2.05, 4.69) is 27.7 Å². The van der Waals surface area contributed by atoms with Gasteiger partial charge in [0, 0.05) is 45.1 Å². The molecule has 1 fully saturated rings. The Bertz CT molecular complexity index is 498. The number of urea groups is 1. The fraction of sp³-hybridized carbons (Fsp3) is 0.467. The van der Waals surface area contributed by atoms with E-state index in [9.17, 15) is 9.59 Å². The molecule has 0 spiro atoms. The van der Waals surface area contributed by atoms with Gasteiger partial charge >= 0.3 is 6.03 Å². The molecule has 3 amide bonds. The van der Waals surface area contributed by atoms with Crippen molar-refractivity contribution in [2.75, 3.05) is 26.7 Å². The van der Waals surface area contributed by atoms with E-state index in [0.717, 1.165) is 13.1 Å². The summed E-state index contributed by atoms with van der Waals surface area (Å²) >= 11 is 0. The van der Waals surface area contributed by atoms with Crippen LogP contribution >= 0.6 is 12.4 Å². The van der Waals surface area contributed by atoms with Crippen molar-refractivity contribution >= 4 is 24.3 Å². The van der Waals surface area contributed by atoms with Gasteiger partial charge in [-0.15, -0.1) is 12.4 Å². The van der Waals surface area contributed by atoms with Crippen molar-refractivity contribution in [1.82, 2.24) is 15.5 Å². The summed E-state index contributed by atoms with van der Waals surface area (Å²) in [5.41, 5.74) is 7.44. The van der Waals surface area contributed by atoms with Crippen LogP contribution in [0.2, 0.25) is 0 Å². The van der Waals surface area contributed by atoms with Crippen molar-refractivity contribution in [3.63, 3.8) is 0 Å². The Labute approximate surface area is 136 Å². The molecule has 1 aromatic rings. The Kier molecular flexibility index (Phi) is 7.31. The number of hydrogen-bond acceptors (Lipinski definition) is 4. The van der Waals surface area contributed by atoms with E-state index < -0.39 is 6.03 Å². The monoisotopic (exact) mass is 326 g/mol. The SMILES string of the molecule is CNC(=O)NC(=O)CCN1C[C@@H](N)[C@H](c2ccccc2)C1.Cl. The molecular formula is C15H23ClN4O2. The smallest absolute Gasteiger partial charge is 0.321 e. The van der Waals surface area contributed by atoms with Crippen LogP contribution in [0.25, 0.3) is 0 Å². The normalized spacial score (nSPS) is 21.0. The minimum absolute atomic E-state index is 0. The number of nitrogens with two attached hydrogens (primary N) is 1. The maximum atomic E-state index is 11.6. The lowest BCUT2D eigenvalue weighted by molar-refractivity contribution is -0.120. The van der Waals surface area contributed by atoms with Crippen molar-refractivity contribution in [3.05, 3.63) is 35.9 Å². The Morgan fingerprint density at radius 2 is 1.95 bits per heavy atom. The minimum Gasteiger partial charge on any atom is -0.341 e. The van der Waals surface area contributed by atoms with Crippen molar-refractivity contribution in [3.8, 4) is 0 Å². The topological polar surface area (TPSA) is 87.5 Å². The van der Waals surface area contributed by atoms with Crippen molar-refractivity contribution < 1.29 is 9.59 Å². The van der Waals surface area contributed by atoms with Gasteiger partial charge in [-0.25, -0.2) is 4.79 Å². The standard InChI is InChI=1S/C15H22N4O2.ClH/c1-17-15(21)18-14(20)7-8-19-9-12(13(16)10-19)11-5-3-2-4-6-11;/h2-6,12-13H,7-10,16H2,1H3,(H2,17,18,20,21);1H/t12-,13+;/m0./s1. The summed E-state index contributed by atoms with van der Waals surface area (Å²) in [5.74, 6) is 0.0271. The zero-order chi connectivity index (χ0) is 15.2. The van der Waals surface area contributed by atoms with Crippen LogP contribution in [-0.4, -0.2) is 49.6 Å². The third-order valence-electron chi connectivity index (χ3n) is 3.80. The maximum absolute atomic E-state index is 11.6. The summed E-state index contributed by atoms with van der Waals surface area (Å²) < 4.78 is 0. The van der Waals surface area contributed by atoms with Gasteiger partial charge < -0.3 is 16.0 Å². The third kappa shape index (κ3) is 4.98. The van der Waals surface area contributed by atoms with Crippen LogP contribution in [0.15, 0.2) is 30.3 Å². The van der Waals surface area contributed by atoms with E-state index in [4.69, 9.17) is 5.73 Å². The molecule has 1 aromatic carbocycles. The number of nitrogens with one attached hydrogen (secondary N) is 2. The summed E-state index contributed by atoms with van der Waals surface area (Å²) in [7, 11) is 1.48. The fourth-order valence-electron chi connectivity index (χ4n) is 2.66. The van der Waals surface area contributed by atoms with Gasteiger partial charge in [-0.2, -0.15) is 0 Å². The lowest BCUT2D eigenvalue weighted by Crippen LogP contribution is -2.39. The molecule has 0 bridgehead atoms. The van der Waals surface area contributed by atoms with Gasteiger partial charge in [0.2, 0.25) is 5.91 Å². The number of nitrogens with zero attached hydrogens (tertiary/aromatic N) is 1. The highest BCUT2D eigenvalue weighted by molar-refractivity contribution is 5.94. The van der Waals surface area contributed by atoms with Gasteiger partial charge in [0.1, 0.15) is 0 Å². The second-order valence-electron chi connectivity index (χ2n) is 5.32. The molecule has 4 N–H and O–H groups in total. The average molecular weight is 327 g/mol. The number of benzene rings is 1. The number of rotatable bonds is 4. The van der Waals surface area contributed by atoms with Crippen molar-refractivity contribution in [1.29, 1.82) is 0 Å². The van der Waals surface area contributed by atoms with Gasteiger partial charge in [0.25, 0.3) is 0 Å². The zero-order valence-electron chi connectivity index (χ0n) is 12.6. The molecular weight excluding hydrogens is 304 g/mol. The summed E-state index contributed by atoms with van der Waals surface area (Å²) in [6.07, 6.45) is 0.293. The Balaban J connectivity index is 0.00000242. The summed E-state index contributed by atoms with van der Waals surface area (Å²) in [5, 5.41) is 4.62. The quantitative estimate of drug-likeness (QED) is 0.759. The van der Waals surface area contributed by atoms with E-state index >= 15 is 0 Å². The van der Waals surface area contributed by atoms with Crippen LogP contribution in [0.4, 0.5) is 4.79 Å². The predicted molar refractivity (Wildman–Crippen MR) is 88.1 cm³/mol. The van der Waals surface area contributed by atoms with Crippen LogP contribution in [0.5, 0.6) is 0 Å². The highest BCUT2D eigenvalue weighted by atomic mass is 35.5. The highest BCUT2D eigenvalue weighted by Gasteiger charge is 2.31. The van der Waals surface area contributed by atoms with Crippen LogP contribution in [0, 0.1) is 0 Å². The van der Waals surface area contributed by atoms with Gasteiger partial charge in [-0.3, -0.25) is 10.1 Å². The molecule has 0 aromatic heterocycles. The third-order valence-corrected chi connectivity index (χ3v) is 3.80. The molecule has 7 heteroatoms. The first-order valence-corrected chi connectivity index (χ1v) is 7.14. The lowest BCUT2D eigenvalue weighted by atomic mass is 9.95. The number of halogens is 1. The van der Waals surface area contributed by atoms with E-state index in [1.165, 1.54) is 12.6 Å². The number of carbonyl (C=O) groups excluding carboxylic acids is 2. The first-order chi connectivity index (χ1) is 10.1. The van der Waals surface area contributed by atoms with Gasteiger partial charge in [-0.05, 0) is 5.56 Å². The second-order valence-corrected chi connectivity index (χ2v) is 5.32.